The number of aryl methyl sites for hydroxylation is 1. The Hall–Kier alpha value is -1.95. The molecular formula is C12H14N4O2. The molecule has 2 N–H and O–H groups in total. The first kappa shape index (κ1) is 11.2. The minimum absolute atomic E-state index is 0.114. The van der Waals surface area contributed by atoms with E-state index in [1.807, 2.05) is 6.92 Å². The third-order valence-electron chi connectivity index (χ3n) is 2.87. The van der Waals surface area contributed by atoms with Gasteiger partial charge in [0.25, 0.3) is 5.89 Å². The van der Waals surface area contributed by atoms with Crippen molar-refractivity contribution >= 4 is 0 Å². The molecule has 1 fully saturated rings. The van der Waals surface area contributed by atoms with Gasteiger partial charge in [-0.15, -0.1) is 10.2 Å². The summed E-state index contributed by atoms with van der Waals surface area (Å²) in [7, 11) is 0. The van der Waals surface area contributed by atoms with Gasteiger partial charge < -0.3 is 14.7 Å². The van der Waals surface area contributed by atoms with Crippen molar-refractivity contribution in [2.24, 2.45) is 0 Å². The van der Waals surface area contributed by atoms with Crippen LogP contribution >= 0.6 is 0 Å². The Morgan fingerprint density at radius 1 is 1.50 bits per heavy atom. The number of aromatic amines is 1. The predicted molar refractivity (Wildman–Crippen MR) is 65.0 cm³/mol. The van der Waals surface area contributed by atoms with E-state index in [1.54, 1.807) is 6.20 Å². The van der Waals surface area contributed by atoms with Crippen LogP contribution in [0, 0.1) is 6.92 Å². The summed E-state index contributed by atoms with van der Waals surface area (Å²) in [4.78, 5) is 14.7. The standard InChI is InChI=1S/C12H14N4O2/c1-7-4-10(17)9(5-13-7)12-16-15-11(18-12)6-14-8-2-3-8/h4-5,8,14H,2-3,6H2,1H3,(H,13,17). The van der Waals surface area contributed by atoms with Gasteiger partial charge in [0, 0.05) is 24.0 Å². The highest BCUT2D eigenvalue weighted by Gasteiger charge is 2.21. The molecule has 6 heteroatoms. The SMILES string of the molecule is Cc1cc(=O)c(-c2nnc(CNC3CC3)o2)c[nH]1. The molecule has 0 aromatic carbocycles. The van der Waals surface area contributed by atoms with E-state index in [9.17, 15) is 4.79 Å². The van der Waals surface area contributed by atoms with Crippen LogP contribution in [-0.4, -0.2) is 21.2 Å². The molecule has 94 valence electrons. The quantitative estimate of drug-likeness (QED) is 0.840. The molecule has 0 bridgehead atoms. The smallest absolute Gasteiger partial charge is 0.253 e. The van der Waals surface area contributed by atoms with E-state index in [-0.39, 0.29) is 11.3 Å². The summed E-state index contributed by atoms with van der Waals surface area (Å²) in [5.41, 5.74) is 1.10. The molecule has 0 atom stereocenters. The van der Waals surface area contributed by atoms with E-state index in [0.29, 0.717) is 24.0 Å². The fourth-order valence-electron chi connectivity index (χ4n) is 1.69. The maximum absolute atomic E-state index is 11.8. The first-order valence-corrected chi connectivity index (χ1v) is 5.98. The molecule has 1 aliphatic carbocycles. The highest BCUT2D eigenvalue weighted by Crippen LogP contribution is 2.19. The van der Waals surface area contributed by atoms with Crippen LogP contribution in [0.5, 0.6) is 0 Å². The Balaban J connectivity index is 1.80. The fraction of sp³-hybridized carbons (Fsp3) is 0.417. The first-order chi connectivity index (χ1) is 8.72. The number of rotatable bonds is 4. The summed E-state index contributed by atoms with van der Waals surface area (Å²) in [6, 6.07) is 2.10. The number of nitrogens with zero attached hydrogens (tertiary/aromatic N) is 2. The van der Waals surface area contributed by atoms with Crippen molar-refractivity contribution in [1.82, 2.24) is 20.5 Å². The van der Waals surface area contributed by atoms with E-state index < -0.39 is 0 Å². The zero-order valence-electron chi connectivity index (χ0n) is 10.1. The molecule has 0 saturated heterocycles. The van der Waals surface area contributed by atoms with Crippen molar-refractivity contribution in [2.45, 2.75) is 32.4 Å². The van der Waals surface area contributed by atoms with Gasteiger partial charge in [-0.25, -0.2) is 0 Å². The van der Waals surface area contributed by atoms with Crippen LogP contribution in [0.15, 0.2) is 21.5 Å². The van der Waals surface area contributed by atoms with Gasteiger partial charge >= 0.3 is 0 Å². The van der Waals surface area contributed by atoms with Crippen LogP contribution in [0.2, 0.25) is 0 Å². The molecule has 0 aliphatic heterocycles. The minimum Gasteiger partial charge on any atom is -0.419 e. The number of hydrogen-bond donors (Lipinski definition) is 2. The second kappa shape index (κ2) is 4.38. The van der Waals surface area contributed by atoms with Crippen LogP contribution in [0.3, 0.4) is 0 Å². The highest BCUT2D eigenvalue weighted by atomic mass is 16.4. The van der Waals surface area contributed by atoms with Gasteiger partial charge in [0.15, 0.2) is 5.43 Å². The number of nitrogens with one attached hydrogen (secondary N) is 2. The molecule has 2 aromatic heterocycles. The van der Waals surface area contributed by atoms with Crippen molar-refractivity contribution in [3.63, 3.8) is 0 Å². The molecular weight excluding hydrogens is 232 g/mol. The summed E-state index contributed by atoms with van der Waals surface area (Å²) in [5.74, 6) is 0.778. The average molecular weight is 246 g/mol. The lowest BCUT2D eigenvalue weighted by Crippen LogP contribution is -2.15. The Bertz CT molecular complexity index is 613. The summed E-state index contributed by atoms with van der Waals surface area (Å²) in [6.45, 7) is 2.38. The van der Waals surface area contributed by atoms with E-state index >= 15 is 0 Å². The lowest BCUT2D eigenvalue weighted by molar-refractivity contribution is 0.476. The lowest BCUT2D eigenvalue weighted by atomic mass is 10.2. The van der Waals surface area contributed by atoms with Gasteiger partial charge in [0.1, 0.15) is 5.56 Å². The van der Waals surface area contributed by atoms with Crippen LogP contribution in [0.1, 0.15) is 24.4 Å². The molecule has 0 amide bonds. The largest absolute Gasteiger partial charge is 0.419 e. The second-order valence-electron chi connectivity index (χ2n) is 4.55. The summed E-state index contributed by atoms with van der Waals surface area (Å²) in [5, 5.41) is 11.1. The molecule has 18 heavy (non-hydrogen) atoms. The molecule has 6 nitrogen and oxygen atoms in total. The topological polar surface area (TPSA) is 83.8 Å². The van der Waals surface area contributed by atoms with Gasteiger partial charge in [0.2, 0.25) is 5.89 Å². The lowest BCUT2D eigenvalue weighted by Gasteiger charge is -1.97. The molecule has 0 spiro atoms. The minimum atomic E-state index is -0.114. The number of pyridine rings is 1. The summed E-state index contributed by atoms with van der Waals surface area (Å²) in [6.07, 6.45) is 4.01. The maximum atomic E-state index is 11.8. The monoisotopic (exact) mass is 246 g/mol. The van der Waals surface area contributed by atoms with Gasteiger partial charge in [-0.05, 0) is 19.8 Å². The fourth-order valence-corrected chi connectivity index (χ4v) is 1.69. The predicted octanol–water partition coefficient (Wildman–Crippen LogP) is 0.985. The Morgan fingerprint density at radius 3 is 3.06 bits per heavy atom. The number of aromatic nitrogens is 3. The maximum Gasteiger partial charge on any atom is 0.253 e. The van der Waals surface area contributed by atoms with Crippen molar-refractivity contribution < 1.29 is 4.42 Å². The molecule has 3 rings (SSSR count). The van der Waals surface area contributed by atoms with Gasteiger partial charge in [-0.1, -0.05) is 0 Å². The molecule has 0 unspecified atom stereocenters. The van der Waals surface area contributed by atoms with Gasteiger partial charge in [0.05, 0.1) is 6.54 Å². The van der Waals surface area contributed by atoms with E-state index in [0.717, 1.165) is 5.69 Å². The normalized spacial score (nSPS) is 14.9. The third-order valence-corrected chi connectivity index (χ3v) is 2.87. The molecule has 2 heterocycles. The van der Waals surface area contributed by atoms with Crippen LogP contribution < -0.4 is 10.7 Å². The molecule has 1 aliphatic rings. The molecule has 2 aromatic rings. The van der Waals surface area contributed by atoms with Crippen LogP contribution in [0.25, 0.3) is 11.5 Å². The Labute approximate surface area is 103 Å². The Morgan fingerprint density at radius 2 is 2.33 bits per heavy atom. The number of H-pyrrole nitrogens is 1. The van der Waals surface area contributed by atoms with Crippen LogP contribution in [0.4, 0.5) is 0 Å². The average Bonchev–Trinajstić information content (AvgIpc) is 3.05. The first-order valence-electron chi connectivity index (χ1n) is 5.98. The Kier molecular flexibility index (Phi) is 2.71. The van der Waals surface area contributed by atoms with E-state index in [4.69, 9.17) is 4.42 Å². The summed E-state index contributed by atoms with van der Waals surface area (Å²) < 4.78 is 5.46. The van der Waals surface area contributed by atoms with E-state index in [1.165, 1.54) is 18.9 Å². The molecule has 0 radical (unpaired) electrons. The zero-order chi connectivity index (χ0) is 12.5. The van der Waals surface area contributed by atoms with Gasteiger partial charge in [-0.3, -0.25) is 4.79 Å². The number of hydrogen-bond acceptors (Lipinski definition) is 5. The zero-order valence-corrected chi connectivity index (χ0v) is 10.1. The van der Waals surface area contributed by atoms with E-state index in [2.05, 4.69) is 20.5 Å². The van der Waals surface area contributed by atoms with Crippen molar-refractivity contribution in [1.29, 1.82) is 0 Å². The highest BCUT2D eigenvalue weighted by molar-refractivity contribution is 5.50. The van der Waals surface area contributed by atoms with Gasteiger partial charge in [-0.2, -0.15) is 0 Å². The van der Waals surface area contributed by atoms with Crippen LogP contribution in [-0.2, 0) is 6.54 Å². The second-order valence-corrected chi connectivity index (χ2v) is 4.55. The van der Waals surface area contributed by atoms with Crippen molar-refractivity contribution in [3.05, 3.63) is 34.1 Å². The van der Waals surface area contributed by atoms with Crippen molar-refractivity contribution in [3.8, 4) is 11.5 Å². The molecule has 1 saturated carbocycles. The third kappa shape index (κ3) is 2.33. The summed E-state index contributed by atoms with van der Waals surface area (Å²) >= 11 is 0. The van der Waals surface area contributed by atoms with Crippen molar-refractivity contribution in [2.75, 3.05) is 0 Å².